The number of alkyl halides is 2. The lowest BCUT2D eigenvalue weighted by molar-refractivity contribution is 0.0681. The molecule has 0 fully saturated rings. The van der Waals surface area contributed by atoms with Gasteiger partial charge < -0.3 is 0 Å². The maximum absolute atomic E-state index is 12.2. The number of carbonyl (C=O) groups is 1. The molecule has 0 atom stereocenters. The predicted molar refractivity (Wildman–Crippen MR) is 52.2 cm³/mol. The van der Waals surface area contributed by atoms with E-state index in [9.17, 15) is 13.6 Å². The van der Waals surface area contributed by atoms with Crippen molar-refractivity contribution in [2.45, 2.75) is 6.43 Å². The Balaban J connectivity index is 2.62. The van der Waals surface area contributed by atoms with Crippen LogP contribution in [-0.2, 0) is 0 Å². The Morgan fingerprint density at radius 2 is 2.07 bits per heavy atom. The first-order valence-corrected chi connectivity index (χ1v) is 4.86. The molecular formula is C10H6F2OS. The number of hydrogen-bond acceptors (Lipinski definition) is 2. The summed E-state index contributed by atoms with van der Waals surface area (Å²) < 4.78 is 25.0. The molecule has 0 unspecified atom stereocenters. The van der Waals surface area contributed by atoms with Gasteiger partial charge in [-0.25, -0.2) is 8.78 Å². The molecule has 0 spiro atoms. The molecule has 14 heavy (non-hydrogen) atoms. The number of ketones is 1. The molecule has 0 aliphatic rings. The molecule has 4 heteroatoms. The molecule has 2 rings (SSSR count). The molecule has 0 saturated carbocycles. The summed E-state index contributed by atoms with van der Waals surface area (Å²) in [6.07, 6.45) is -2.93. The van der Waals surface area contributed by atoms with Gasteiger partial charge in [0.25, 0.3) is 0 Å². The van der Waals surface area contributed by atoms with Crippen molar-refractivity contribution in [3.05, 3.63) is 35.2 Å². The fourth-order valence-corrected chi connectivity index (χ4v) is 2.22. The van der Waals surface area contributed by atoms with E-state index in [1.807, 2.05) is 6.07 Å². The number of hydrogen-bond donors (Lipinski definition) is 0. The molecule has 1 nitrogen and oxygen atoms in total. The van der Waals surface area contributed by atoms with E-state index in [2.05, 4.69) is 0 Å². The van der Waals surface area contributed by atoms with Gasteiger partial charge >= 0.3 is 6.43 Å². The fourth-order valence-electron chi connectivity index (χ4n) is 1.30. The van der Waals surface area contributed by atoms with Crippen LogP contribution in [-0.4, -0.2) is 12.2 Å². The second-order valence-electron chi connectivity index (χ2n) is 2.81. The number of fused-ring (bicyclic) bond motifs is 1. The zero-order valence-corrected chi connectivity index (χ0v) is 7.85. The molecule has 1 aromatic carbocycles. The van der Waals surface area contributed by atoms with Crippen molar-refractivity contribution < 1.29 is 13.6 Å². The third kappa shape index (κ3) is 1.42. The monoisotopic (exact) mass is 212 g/mol. The van der Waals surface area contributed by atoms with Gasteiger partial charge in [-0.05, 0) is 22.9 Å². The zero-order chi connectivity index (χ0) is 10.1. The molecule has 0 N–H and O–H groups in total. The van der Waals surface area contributed by atoms with Crippen LogP contribution in [0.25, 0.3) is 10.1 Å². The van der Waals surface area contributed by atoms with E-state index in [4.69, 9.17) is 0 Å². The molecule has 1 heterocycles. The van der Waals surface area contributed by atoms with Crippen LogP contribution >= 0.6 is 11.3 Å². The van der Waals surface area contributed by atoms with Gasteiger partial charge in [0.2, 0.25) is 5.78 Å². The van der Waals surface area contributed by atoms with Crippen molar-refractivity contribution >= 4 is 27.2 Å². The molecule has 0 aliphatic carbocycles. The third-order valence-corrected chi connectivity index (χ3v) is 2.91. The van der Waals surface area contributed by atoms with Crippen LogP contribution in [0.15, 0.2) is 29.6 Å². The highest BCUT2D eigenvalue weighted by Gasteiger charge is 2.20. The minimum absolute atomic E-state index is 0.118. The van der Waals surface area contributed by atoms with Crippen LogP contribution in [0.3, 0.4) is 0 Å². The number of Topliss-reactive ketones (excluding diaryl/α,β-unsaturated/α-hetero) is 1. The molecule has 0 amide bonds. The molecule has 1 aromatic heterocycles. The highest BCUT2D eigenvalue weighted by molar-refractivity contribution is 7.17. The lowest BCUT2D eigenvalue weighted by Gasteiger charge is -2.00. The Bertz CT molecular complexity index is 476. The van der Waals surface area contributed by atoms with Gasteiger partial charge in [-0.15, -0.1) is 11.3 Å². The van der Waals surface area contributed by atoms with E-state index in [-0.39, 0.29) is 5.56 Å². The van der Waals surface area contributed by atoms with E-state index in [1.165, 1.54) is 17.4 Å². The van der Waals surface area contributed by atoms with Crippen LogP contribution in [0.2, 0.25) is 0 Å². The summed E-state index contributed by atoms with van der Waals surface area (Å²) in [6, 6.07) is 6.66. The number of thiophene rings is 1. The van der Waals surface area contributed by atoms with Crippen molar-refractivity contribution in [2.75, 3.05) is 0 Å². The van der Waals surface area contributed by atoms with Crippen LogP contribution < -0.4 is 0 Å². The van der Waals surface area contributed by atoms with E-state index < -0.39 is 12.2 Å². The van der Waals surface area contributed by atoms with Gasteiger partial charge in [0.05, 0.1) is 0 Å². The molecule has 0 aliphatic heterocycles. The van der Waals surface area contributed by atoms with Crippen molar-refractivity contribution in [1.82, 2.24) is 0 Å². The van der Waals surface area contributed by atoms with Gasteiger partial charge in [-0.2, -0.15) is 0 Å². The Labute approximate surface area is 83.0 Å². The quantitative estimate of drug-likeness (QED) is 0.698. The van der Waals surface area contributed by atoms with Gasteiger partial charge in [-0.1, -0.05) is 12.1 Å². The summed E-state index contributed by atoms with van der Waals surface area (Å²) in [5.41, 5.74) is 0.118. The smallest absolute Gasteiger partial charge is 0.288 e. The first kappa shape index (κ1) is 9.27. The van der Waals surface area contributed by atoms with Crippen molar-refractivity contribution in [3.63, 3.8) is 0 Å². The summed E-state index contributed by atoms with van der Waals surface area (Å²) in [4.78, 5) is 11.1. The lowest BCUT2D eigenvalue weighted by atomic mass is 10.1. The average Bonchev–Trinajstić information content (AvgIpc) is 2.63. The average molecular weight is 212 g/mol. The Morgan fingerprint density at radius 3 is 2.79 bits per heavy atom. The Morgan fingerprint density at radius 1 is 1.29 bits per heavy atom. The molecule has 0 saturated heterocycles. The first-order valence-electron chi connectivity index (χ1n) is 3.99. The third-order valence-electron chi connectivity index (χ3n) is 1.94. The van der Waals surface area contributed by atoms with Crippen molar-refractivity contribution in [2.24, 2.45) is 0 Å². The van der Waals surface area contributed by atoms with E-state index in [0.717, 1.165) is 5.39 Å². The second kappa shape index (κ2) is 3.46. The van der Waals surface area contributed by atoms with Crippen LogP contribution in [0.1, 0.15) is 10.4 Å². The highest BCUT2D eigenvalue weighted by atomic mass is 32.1. The first-order chi connectivity index (χ1) is 6.70. The van der Waals surface area contributed by atoms with Gasteiger partial charge in [0.1, 0.15) is 0 Å². The minimum atomic E-state index is -2.93. The molecular weight excluding hydrogens is 206 g/mol. The fraction of sp³-hybridized carbons (Fsp3) is 0.100. The van der Waals surface area contributed by atoms with Crippen molar-refractivity contribution in [3.8, 4) is 0 Å². The number of halogens is 2. The Hall–Kier alpha value is -1.29. The summed E-state index contributed by atoms with van der Waals surface area (Å²) in [7, 11) is 0. The van der Waals surface area contributed by atoms with Gasteiger partial charge in [0.15, 0.2) is 0 Å². The molecule has 72 valence electrons. The second-order valence-corrected chi connectivity index (χ2v) is 3.73. The standard InChI is InChI=1S/C10H6F2OS/c11-10(12)8(13)7-3-1-2-6-4-5-14-9(6)7/h1-5,10H. The normalized spacial score (nSPS) is 11.1. The number of carbonyl (C=O) groups excluding carboxylic acids is 1. The summed E-state index contributed by atoms with van der Waals surface area (Å²) in [5.74, 6) is -1.10. The lowest BCUT2D eigenvalue weighted by Crippen LogP contribution is -2.09. The topological polar surface area (TPSA) is 17.1 Å². The van der Waals surface area contributed by atoms with Crippen molar-refractivity contribution in [1.29, 1.82) is 0 Å². The predicted octanol–water partition coefficient (Wildman–Crippen LogP) is 3.35. The summed E-state index contributed by atoms with van der Waals surface area (Å²) in [6.45, 7) is 0. The minimum Gasteiger partial charge on any atom is -0.288 e. The van der Waals surface area contributed by atoms with Crippen LogP contribution in [0, 0.1) is 0 Å². The van der Waals surface area contributed by atoms with Crippen LogP contribution in [0.4, 0.5) is 8.78 Å². The number of benzene rings is 1. The maximum Gasteiger partial charge on any atom is 0.300 e. The molecule has 0 bridgehead atoms. The van der Waals surface area contributed by atoms with E-state index >= 15 is 0 Å². The van der Waals surface area contributed by atoms with E-state index in [0.29, 0.717) is 4.70 Å². The highest BCUT2D eigenvalue weighted by Crippen LogP contribution is 2.26. The number of rotatable bonds is 2. The summed E-state index contributed by atoms with van der Waals surface area (Å²) in [5, 5.41) is 2.62. The molecule has 2 aromatic rings. The zero-order valence-electron chi connectivity index (χ0n) is 7.04. The van der Waals surface area contributed by atoms with Gasteiger partial charge in [0, 0.05) is 10.3 Å². The maximum atomic E-state index is 12.2. The molecule has 0 radical (unpaired) electrons. The van der Waals surface area contributed by atoms with E-state index in [1.54, 1.807) is 17.5 Å². The van der Waals surface area contributed by atoms with Gasteiger partial charge in [-0.3, -0.25) is 4.79 Å². The summed E-state index contributed by atoms with van der Waals surface area (Å²) >= 11 is 1.31. The SMILES string of the molecule is O=C(c1cccc2ccsc12)C(F)F. The Kier molecular flexibility index (Phi) is 2.29. The van der Waals surface area contributed by atoms with Crippen LogP contribution in [0.5, 0.6) is 0 Å². The largest absolute Gasteiger partial charge is 0.300 e.